The third-order valence-corrected chi connectivity index (χ3v) is 1.60. The number of ether oxygens (including phenoxy) is 2. The average Bonchev–Trinajstić information content (AvgIpc) is 2.25. The molecule has 70 valence electrons. The van der Waals surface area contributed by atoms with E-state index in [1.165, 1.54) is 0 Å². The fraction of sp³-hybridized carbons (Fsp3) is 0.857. The number of carbonyl (C=O) groups is 1. The van der Waals surface area contributed by atoms with Gasteiger partial charge in [-0.15, -0.1) is 0 Å². The number of aliphatic carboxylic acids is 1. The van der Waals surface area contributed by atoms with Crippen LogP contribution in [0.1, 0.15) is 13.8 Å². The van der Waals surface area contributed by atoms with E-state index in [9.17, 15) is 9.90 Å². The van der Waals surface area contributed by atoms with Gasteiger partial charge < -0.3 is 24.5 Å². The molecular formula is C7H11NaO5. The Labute approximate surface area is 98.3 Å². The summed E-state index contributed by atoms with van der Waals surface area (Å²) in [7, 11) is 0. The summed E-state index contributed by atoms with van der Waals surface area (Å²) in [6, 6.07) is 0. The fourth-order valence-electron chi connectivity index (χ4n) is 1.17. The van der Waals surface area contributed by atoms with Gasteiger partial charge in [0.15, 0.2) is 5.79 Å². The molecule has 0 aliphatic carbocycles. The van der Waals surface area contributed by atoms with Crippen molar-refractivity contribution >= 4 is 5.97 Å². The van der Waals surface area contributed by atoms with Gasteiger partial charge in [0.2, 0.25) is 0 Å². The molecule has 1 heterocycles. The van der Waals surface area contributed by atoms with Crippen molar-refractivity contribution in [3.63, 3.8) is 0 Å². The van der Waals surface area contributed by atoms with Crippen molar-refractivity contribution in [1.29, 1.82) is 0 Å². The SMILES string of the molecule is CC1(C)O[C@@H](CO)[C@@H](C(=O)[O-])O1.[Na+]. The molecule has 0 aromatic rings. The van der Waals surface area contributed by atoms with Crippen molar-refractivity contribution < 1.29 is 54.0 Å². The van der Waals surface area contributed by atoms with Gasteiger partial charge in [-0.25, -0.2) is 0 Å². The quantitative estimate of drug-likeness (QED) is 0.451. The molecule has 0 bridgehead atoms. The van der Waals surface area contributed by atoms with Crippen LogP contribution in [0.25, 0.3) is 0 Å². The molecule has 1 fully saturated rings. The fourth-order valence-corrected chi connectivity index (χ4v) is 1.17. The van der Waals surface area contributed by atoms with Gasteiger partial charge in [0.1, 0.15) is 12.2 Å². The Bertz CT molecular complexity index is 193. The Balaban J connectivity index is 0.00000144. The number of hydrogen-bond acceptors (Lipinski definition) is 5. The molecule has 0 aromatic carbocycles. The topological polar surface area (TPSA) is 78.8 Å². The first-order valence-corrected chi connectivity index (χ1v) is 3.63. The molecule has 1 aliphatic heterocycles. The van der Waals surface area contributed by atoms with Gasteiger partial charge in [0, 0.05) is 0 Å². The second kappa shape index (κ2) is 4.72. The Hall–Kier alpha value is 0.350. The normalized spacial score (nSPS) is 31.0. The molecular weight excluding hydrogens is 187 g/mol. The molecule has 0 spiro atoms. The number of aliphatic hydroxyl groups excluding tert-OH is 1. The summed E-state index contributed by atoms with van der Waals surface area (Å²) in [5.41, 5.74) is 0. The second-order valence-corrected chi connectivity index (χ2v) is 3.10. The van der Waals surface area contributed by atoms with Gasteiger partial charge in [-0.1, -0.05) is 0 Å². The van der Waals surface area contributed by atoms with E-state index in [4.69, 9.17) is 14.6 Å². The van der Waals surface area contributed by atoms with E-state index >= 15 is 0 Å². The minimum Gasteiger partial charge on any atom is -0.547 e. The molecule has 2 atom stereocenters. The molecule has 0 saturated carbocycles. The van der Waals surface area contributed by atoms with Gasteiger partial charge in [-0.3, -0.25) is 0 Å². The first-order chi connectivity index (χ1) is 5.46. The van der Waals surface area contributed by atoms with Crippen LogP contribution in [-0.4, -0.2) is 35.7 Å². The molecule has 0 aromatic heterocycles. The maximum atomic E-state index is 10.4. The van der Waals surface area contributed by atoms with Crippen LogP contribution in [0, 0.1) is 0 Å². The predicted octanol–water partition coefficient (Wildman–Crippen LogP) is -4.75. The van der Waals surface area contributed by atoms with Gasteiger partial charge in [-0.05, 0) is 13.8 Å². The van der Waals surface area contributed by atoms with E-state index in [1.54, 1.807) is 13.8 Å². The smallest absolute Gasteiger partial charge is 0.547 e. The Kier molecular flexibility index (Phi) is 4.85. The standard InChI is InChI=1S/C7H12O5.Na/c1-7(2)11-4(3-8)5(12-7)6(9)10;/h4-5,8H,3H2,1-2H3,(H,9,10);/q;+1/p-1/t4-,5-;/m0./s1. The molecule has 0 radical (unpaired) electrons. The minimum absolute atomic E-state index is 0. The van der Waals surface area contributed by atoms with Gasteiger partial charge in [-0.2, -0.15) is 0 Å². The average molecular weight is 198 g/mol. The largest absolute Gasteiger partial charge is 1.00 e. The van der Waals surface area contributed by atoms with E-state index in [-0.39, 0.29) is 36.2 Å². The number of hydrogen-bond donors (Lipinski definition) is 1. The van der Waals surface area contributed by atoms with E-state index in [0.29, 0.717) is 0 Å². The van der Waals surface area contributed by atoms with E-state index < -0.39 is 24.0 Å². The summed E-state index contributed by atoms with van der Waals surface area (Å²) >= 11 is 0. The summed E-state index contributed by atoms with van der Waals surface area (Å²) in [6.45, 7) is 2.78. The zero-order valence-corrected chi connectivity index (χ0v) is 9.94. The molecule has 13 heavy (non-hydrogen) atoms. The third kappa shape index (κ3) is 3.19. The van der Waals surface area contributed by atoms with Gasteiger partial charge in [0.25, 0.3) is 0 Å². The molecule has 6 heteroatoms. The van der Waals surface area contributed by atoms with Crippen molar-refractivity contribution in [3.8, 4) is 0 Å². The second-order valence-electron chi connectivity index (χ2n) is 3.10. The van der Waals surface area contributed by atoms with Crippen LogP contribution in [0.15, 0.2) is 0 Å². The molecule has 1 aliphatic rings. The summed E-state index contributed by atoms with van der Waals surface area (Å²) in [5, 5.41) is 19.2. The number of carboxylic acid groups (broad SMARTS) is 1. The maximum absolute atomic E-state index is 10.4. The van der Waals surface area contributed by atoms with Crippen LogP contribution < -0.4 is 34.7 Å². The van der Waals surface area contributed by atoms with Crippen molar-refractivity contribution in [3.05, 3.63) is 0 Å². The van der Waals surface area contributed by atoms with Crippen LogP contribution in [0.4, 0.5) is 0 Å². The summed E-state index contributed by atoms with van der Waals surface area (Å²) in [4.78, 5) is 10.4. The number of rotatable bonds is 2. The van der Waals surface area contributed by atoms with Crippen LogP contribution in [0.5, 0.6) is 0 Å². The van der Waals surface area contributed by atoms with Crippen LogP contribution >= 0.6 is 0 Å². The van der Waals surface area contributed by atoms with E-state index in [1.807, 2.05) is 0 Å². The summed E-state index contributed by atoms with van der Waals surface area (Å²) < 4.78 is 10.0. The zero-order chi connectivity index (χ0) is 9.35. The monoisotopic (exact) mass is 198 g/mol. The Morgan fingerprint density at radius 2 is 2.08 bits per heavy atom. The molecule has 1 saturated heterocycles. The summed E-state index contributed by atoms with van der Waals surface area (Å²) in [5.74, 6) is -2.32. The van der Waals surface area contributed by atoms with Crippen molar-refractivity contribution in [2.45, 2.75) is 31.8 Å². The number of carboxylic acids is 1. The van der Waals surface area contributed by atoms with E-state index in [0.717, 1.165) is 0 Å². The minimum atomic E-state index is -1.36. The number of aliphatic hydroxyl groups is 1. The maximum Gasteiger partial charge on any atom is 1.00 e. The Morgan fingerprint density at radius 3 is 2.38 bits per heavy atom. The predicted molar refractivity (Wildman–Crippen MR) is 35.9 cm³/mol. The van der Waals surface area contributed by atoms with Crippen LogP contribution in [0.2, 0.25) is 0 Å². The first-order valence-electron chi connectivity index (χ1n) is 3.63. The van der Waals surface area contributed by atoms with Gasteiger partial charge >= 0.3 is 29.6 Å². The van der Waals surface area contributed by atoms with E-state index in [2.05, 4.69) is 0 Å². The first kappa shape index (κ1) is 13.4. The Morgan fingerprint density at radius 1 is 1.54 bits per heavy atom. The molecule has 1 rings (SSSR count). The summed E-state index contributed by atoms with van der Waals surface area (Å²) in [6.07, 6.45) is -2.00. The molecule has 0 amide bonds. The number of carbonyl (C=O) groups excluding carboxylic acids is 1. The molecule has 5 nitrogen and oxygen atoms in total. The van der Waals surface area contributed by atoms with Crippen molar-refractivity contribution in [1.82, 2.24) is 0 Å². The third-order valence-electron chi connectivity index (χ3n) is 1.60. The molecule has 0 unspecified atom stereocenters. The van der Waals surface area contributed by atoms with Crippen LogP contribution in [-0.2, 0) is 14.3 Å². The van der Waals surface area contributed by atoms with Crippen LogP contribution in [0.3, 0.4) is 0 Å². The zero-order valence-electron chi connectivity index (χ0n) is 7.94. The van der Waals surface area contributed by atoms with Crippen molar-refractivity contribution in [2.24, 2.45) is 0 Å². The van der Waals surface area contributed by atoms with Gasteiger partial charge in [0.05, 0.1) is 12.6 Å². The molecule has 1 N–H and O–H groups in total. The van der Waals surface area contributed by atoms with Crippen molar-refractivity contribution in [2.75, 3.05) is 6.61 Å².